The molecule has 0 radical (unpaired) electrons. The van der Waals surface area contributed by atoms with Crippen molar-refractivity contribution >= 4 is 12.9 Å². The van der Waals surface area contributed by atoms with Gasteiger partial charge in [0, 0.05) is 24.7 Å². The second-order valence-electron chi connectivity index (χ2n) is 3.24. The van der Waals surface area contributed by atoms with Crippen LogP contribution in [0.15, 0.2) is 33.5 Å². The van der Waals surface area contributed by atoms with E-state index in [1.165, 1.54) is 0 Å². The van der Waals surface area contributed by atoms with Crippen LogP contribution in [0.4, 0.5) is 0 Å². The van der Waals surface area contributed by atoms with Crippen molar-refractivity contribution in [1.82, 2.24) is 0 Å². The molecule has 0 aromatic rings. The Morgan fingerprint density at radius 1 is 1.47 bits per heavy atom. The second-order valence-corrected chi connectivity index (χ2v) is 3.24. The molecule has 0 heterocycles. The molecule has 15 heavy (non-hydrogen) atoms. The van der Waals surface area contributed by atoms with Crippen molar-refractivity contribution < 1.29 is 0 Å². The third kappa shape index (κ3) is 7.67. The molecular weight excluding hydrogens is 186 g/mol. The predicted octanol–water partition coefficient (Wildman–Crippen LogP) is 2.69. The number of aliphatic imine (C=N–C) groups is 2. The third-order valence-corrected chi connectivity index (χ3v) is 2.05. The van der Waals surface area contributed by atoms with Gasteiger partial charge in [0.15, 0.2) is 0 Å². The van der Waals surface area contributed by atoms with Crippen molar-refractivity contribution in [1.29, 1.82) is 0 Å². The number of nitrogens with two attached hydrogens (primary N) is 1. The van der Waals surface area contributed by atoms with Gasteiger partial charge in [0.25, 0.3) is 0 Å². The van der Waals surface area contributed by atoms with Crippen LogP contribution in [-0.4, -0.2) is 19.5 Å². The molecule has 0 amide bonds. The minimum absolute atomic E-state index is 0.809. The molecule has 0 atom stereocenters. The Bertz CT molecular complexity index is 262. The van der Waals surface area contributed by atoms with E-state index in [-0.39, 0.29) is 0 Å². The van der Waals surface area contributed by atoms with Gasteiger partial charge in [0.1, 0.15) is 0 Å². The fourth-order valence-electron chi connectivity index (χ4n) is 1.03. The molecule has 0 aromatic heterocycles. The summed E-state index contributed by atoms with van der Waals surface area (Å²) in [5, 5.41) is 0. The zero-order chi connectivity index (χ0) is 11.5. The van der Waals surface area contributed by atoms with Crippen LogP contribution < -0.4 is 5.73 Å². The number of hydrogen-bond donors (Lipinski definition) is 1. The van der Waals surface area contributed by atoms with Crippen molar-refractivity contribution in [2.45, 2.75) is 33.1 Å². The largest absolute Gasteiger partial charge is 0.402 e. The molecule has 0 fully saturated rings. The topological polar surface area (TPSA) is 50.7 Å². The molecule has 84 valence electrons. The maximum absolute atomic E-state index is 5.66. The molecule has 3 nitrogen and oxygen atoms in total. The summed E-state index contributed by atoms with van der Waals surface area (Å²) in [4.78, 5) is 8.02. The smallest absolute Gasteiger partial charge is 0.0393 e. The molecule has 0 aromatic carbocycles. The lowest BCUT2D eigenvalue weighted by molar-refractivity contribution is 0.817. The Kier molecular flexibility index (Phi) is 8.34. The summed E-state index contributed by atoms with van der Waals surface area (Å²) in [5.74, 6) is 0. The van der Waals surface area contributed by atoms with Crippen molar-refractivity contribution in [3.63, 3.8) is 0 Å². The van der Waals surface area contributed by atoms with Gasteiger partial charge in [-0.05, 0) is 38.5 Å². The third-order valence-electron chi connectivity index (χ3n) is 2.05. The van der Waals surface area contributed by atoms with Crippen molar-refractivity contribution in [3.8, 4) is 0 Å². The van der Waals surface area contributed by atoms with E-state index in [0.717, 1.165) is 37.1 Å². The van der Waals surface area contributed by atoms with Gasteiger partial charge in [-0.15, -0.1) is 0 Å². The van der Waals surface area contributed by atoms with Crippen molar-refractivity contribution in [2.24, 2.45) is 15.7 Å². The first kappa shape index (κ1) is 13.6. The molecule has 0 rings (SSSR count). The summed E-state index contributed by atoms with van der Waals surface area (Å²) in [7, 11) is 0. The highest BCUT2D eigenvalue weighted by Gasteiger charge is 1.89. The Balaban J connectivity index is 3.79. The second kappa shape index (κ2) is 9.19. The van der Waals surface area contributed by atoms with E-state index in [9.17, 15) is 0 Å². The van der Waals surface area contributed by atoms with Gasteiger partial charge in [-0.3, -0.25) is 9.98 Å². The quantitative estimate of drug-likeness (QED) is 0.506. The average Bonchev–Trinajstić information content (AvgIpc) is 2.26. The van der Waals surface area contributed by atoms with E-state index < -0.39 is 0 Å². The number of nitrogens with zero attached hydrogens (tertiary/aromatic N) is 2. The highest BCUT2D eigenvalue weighted by Crippen LogP contribution is 2.00. The average molecular weight is 207 g/mol. The summed E-state index contributed by atoms with van der Waals surface area (Å²) in [6.07, 6.45) is 8.37. The van der Waals surface area contributed by atoms with E-state index in [1.807, 2.05) is 19.2 Å². The summed E-state index contributed by atoms with van der Waals surface area (Å²) in [6.45, 7) is 8.24. The highest BCUT2D eigenvalue weighted by molar-refractivity contribution is 5.78. The maximum Gasteiger partial charge on any atom is 0.0393 e. The normalized spacial score (nSPS) is 13.5. The molecule has 3 heteroatoms. The SMILES string of the molecule is C=N/C=C(\C=N/CCC/C(N)=C/C)CC. The van der Waals surface area contributed by atoms with E-state index in [2.05, 4.69) is 23.6 Å². The van der Waals surface area contributed by atoms with Gasteiger partial charge in [-0.1, -0.05) is 13.0 Å². The highest BCUT2D eigenvalue weighted by atomic mass is 14.7. The molecule has 0 spiro atoms. The van der Waals surface area contributed by atoms with Crippen LogP contribution in [0.25, 0.3) is 0 Å². The van der Waals surface area contributed by atoms with E-state index in [4.69, 9.17) is 5.73 Å². The molecule has 0 aliphatic rings. The molecule has 0 unspecified atom stereocenters. The van der Waals surface area contributed by atoms with Gasteiger partial charge >= 0.3 is 0 Å². The van der Waals surface area contributed by atoms with Crippen molar-refractivity contribution in [2.75, 3.05) is 6.54 Å². The molecule has 0 saturated heterocycles. The Hall–Kier alpha value is -1.38. The maximum atomic E-state index is 5.66. The summed E-state index contributed by atoms with van der Waals surface area (Å²) in [5.41, 5.74) is 7.70. The van der Waals surface area contributed by atoms with Crippen LogP contribution in [0.5, 0.6) is 0 Å². The first-order valence-corrected chi connectivity index (χ1v) is 5.30. The molecular formula is C12H21N3. The monoisotopic (exact) mass is 207 g/mol. The zero-order valence-electron chi connectivity index (χ0n) is 9.74. The van der Waals surface area contributed by atoms with Gasteiger partial charge in [0.05, 0.1) is 0 Å². The number of allylic oxidation sites excluding steroid dienone is 3. The van der Waals surface area contributed by atoms with Gasteiger partial charge < -0.3 is 5.73 Å². The van der Waals surface area contributed by atoms with E-state index in [0.29, 0.717) is 0 Å². The summed E-state index contributed by atoms with van der Waals surface area (Å²) in [6, 6.07) is 0. The Labute approximate surface area is 92.5 Å². The number of hydrogen-bond acceptors (Lipinski definition) is 3. The fraction of sp³-hybridized carbons (Fsp3) is 0.500. The fourth-order valence-corrected chi connectivity index (χ4v) is 1.03. The first-order chi connectivity index (χ1) is 7.24. The number of rotatable bonds is 7. The predicted molar refractivity (Wildman–Crippen MR) is 68.5 cm³/mol. The molecule has 0 saturated carbocycles. The molecule has 0 aliphatic heterocycles. The molecule has 0 aliphatic carbocycles. The summed E-state index contributed by atoms with van der Waals surface area (Å²) >= 11 is 0. The van der Waals surface area contributed by atoms with Gasteiger partial charge in [0.2, 0.25) is 0 Å². The van der Waals surface area contributed by atoms with Crippen molar-refractivity contribution in [3.05, 3.63) is 23.5 Å². The van der Waals surface area contributed by atoms with Gasteiger partial charge in [-0.2, -0.15) is 0 Å². The van der Waals surface area contributed by atoms with Crippen LogP contribution in [0.2, 0.25) is 0 Å². The first-order valence-electron chi connectivity index (χ1n) is 5.30. The molecule has 0 bridgehead atoms. The lowest BCUT2D eigenvalue weighted by Crippen LogP contribution is -1.97. The van der Waals surface area contributed by atoms with Crippen LogP contribution >= 0.6 is 0 Å². The Morgan fingerprint density at radius 3 is 2.73 bits per heavy atom. The molecule has 2 N–H and O–H groups in total. The summed E-state index contributed by atoms with van der Waals surface area (Å²) < 4.78 is 0. The van der Waals surface area contributed by atoms with E-state index in [1.54, 1.807) is 6.20 Å². The minimum Gasteiger partial charge on any atom is -0.402 e. The van der Waals surface area contributed by atoms with Crippen LogP contribution in [0.3, 0.4) is 0 Å². The Morgan fingerprint density at radius 2 is 2.20 bits per heavy atom. The van der Waals surface area contributed by atoms with Crippen LogP contribution in [0.1, 0.15) is 33.1 Å². The van der Waals surface area contributed by atoms with E-state index >= 15 is 0 Å². The lowest BCUT2D eigenvalue weighted by Gasteiger charge is -1.98. The van der Waals surface area contributed by atoms with Crippen LogP contribution in [-0.2, 0) is 0 Å². The minimum atomic E-state index is 0.809. The zero-order valence-corrected chi connectivity index (χ0v) is 9.74. The van der Waals surface area contributed by atoms with Gasteiger partial charge in [-0.25, -0.2) is 0 Å². The standard InChI is InChI=1S/C12H21N3/c1-4-11(9-14-3)10-15-8-6-7-12(13)5-2/h5,9-10H,3-4,6-8,13H2,1-2H3/b11-9-,12-5-,15-10-. The van der Waals surface area contributed by atoms with Crippen LogP contribution in [0, 0.1) is 0 Å². The lowest BCUT2D eigenvalue weighted by atomic mass is 10.2.